The van der Waals surface area contributed by atoms with Gasteiger partial charge in [0.05, 0.1) is 0 Å². The first-order valence-electron chi connectivity index (χ1n) is 10.8. The van der Waals surface area contributed by atoms with Gasteiger partial charge in [0.25, 0.3) is 5.92 Å². The maximum atomic E-state index is 15.2. The Labute approximate surface area is 179 Å². The van der Waals surface area contributed by atoms with Gasteiger partial charge in [-0.05, 0) is 50.0 Å². The molecule has 0 radical (unpaired) electrons. The molecule has 3 aliphatic rings. The number of anilines is 2. The molecule has 0 atom stereocenters. The molecule has 6 nitrogen and oxygen atoms in total. The Morgan fingerprint density at radius 3 is 2.58 bits per heavy atom. The molecule has 0 unspecified atom stereocenters. The third-order valence-electron chi connectivity index (χ3n) is 6.40. The van der Waals surface area contributed by atoms with Gasteiger partial charge in [-0.1, -0.05) is 17.7 Å². The van der Waals surface area contributed by atoms with E-state index in [0.717, 1.165) is 25.3 Å². The molecule has 0 aliphatic heterocycles. The molecule has 9 heteroatoms. The van der Waals surface area contributed by atoms with Crippen LogP contribution >= 0.6 is 0 Å². The van der Waals surface area contributed by atoms with Crippen LogP contribution < -0.4 is 16.0 Å². The van der Waals surface area contributed by atoms with Gasteiger partial charge in [0.15, 0.2) is 11.6 Å². The minimum atomic E-state index is -2.81. The molecule has 4 rings (SSSR count). The highest BCUT2D eigenvalue weighted by atomic mass is 19.3. The lowest BCUT2D eigenvalue weighted by molar-refractivity contribution is -0.125. The first-order chi connectivity index (χ1) is 14.7. The topological polar surface area (TPSA) is 84.1 Å². The number of hydrogen-bond acceptors (Lipinski definition) is 5. The minimum absolute atomic E-state index is 0.0889. The molecule has 1 aromatic heterocycles. The average molecular weight is 435 g/mol. The highest BCUT2D eigenvalue weighted by Gasteiger charge is 2.35. The van der Waals surface area contributed by atoms with Crippen LogP contribution in [0.5, 0.6) is 0 Å². The summed E-state index contributed by atoms with van der Waals surface area (Å²) >= 11 is 0. The molecule has 31 heavy (non-hydrogen) atoms. The van der Waals surface area contributed by atoms with Crippen molar-refractivity contribution in [1.82, 2.24) is 9.97 Å². The summed E-state index contributed by atoms with van der Waals surface area (Å²) in [5.41, 5.74) is 6.41. The number of nitrogens with zero attached hydrogens (tertiary/aromatic N) is 3. The second-order valence-electron chi connectivity index (χ2n) is 8.94. The van der Waals surface area contributed by atoms with E-state index in [1.165, 1.54) is 12.4 Å². The summed E-state index contributed by atoms with van der Waals surface area (Å²) in [6.07, 6.45) is 8.70. The van der Waals surface area contributed by atoms with Crippen molar-refractivity contribution in [2.75, 3.05) is 23.3 Å². The molecule has 1 heterocycles. The highest BCUT2D eigenvalue weighted by molar-refractivity contribution is 5.77. The van der Waals surface area contributed by atoms with Gasteiger partial charge in [-0.2, -0.15) is 4.39 Å². The monoisotopic (exact) mass is 435 g/mol. The summed E-state index contributed by atoms with van der Waals surface area (Å²) in [6.45, 7) is 1.89. The smallest absolute Gasteiger partial charge is 0.266 e. The van der Waals surface area contributed by atoms with Crippen LogP contribution in [0.1, 0.15) is 45.4 Å². The average Bonchev–Trinajstić information content (AvgIpc) is 3.51. The molecular formula is C22H28F3N5O. The van der Waals surface area contributed by atoms with E-state index >= 15 is 4.39 Å². The van der Waals surface area contributed by atoms with Crippen molar-refractivity contribution >= 4 is 17.5 Å². The number of amides is 1. The fraction of sp³-hybridized carbons (Fsp3) is 0.591. The fourth-order valence-electron chi connectivity index (χ4n) is 4.22. The number of carbonyl (C=O) groups excluding carboxylic acids is 1. The van der Waals surface area contributed by atoms with E-state index < -0.39 is 11.7 Å². The lowest BCUT2D eigenvalue weighted by Gasteiger charge is -2.33. The zero-order valence-electron chi connectivity index (χ0n) is 17.6. The number of halogens is 3. The number of rotatable bonds is 9. The van der Waals surface area contributed by atoms with E-state index in [4.69, 9.17) is 5.73 Å². The first kappa shape index (κ1) is 21.6. The van der Waals surface area contributed by atoms with Crippen LogP contribution in [-0.4, -0.2) is 40.9 Å². The molecule has 0 bridgehead atoms. The van der Waals surface area contributed by atoms with Crippen LogP contribution in [0.2, 0.25) is 0 Å². The quantitative estimate of drug-likeness (QED) is 0.616. The largest absolute Gasteiger partial charge is 0.369 e. The van der Waals surface area contributed by atoms with E-state index in [2.05, 4.69) is 15.3 Å². The Morgan fingerprint density at radius 1 is 1.26 bits per heavy atom. The molecule has 168 valence electrons. The zero-order valence-corrected chi connectivity index (χ0v) is 17.6. The molecule has 0 aromatic carbocycles. The van der Waals surface area contributed by atoms with Crippen LogP contribution in [0.4, 0.5) is 24.8 Å². The molecule has 2 fully saturated rings. The van der Waals surface area contributed by atoms with Crippen molar-refractivity contribution in [3.63, 3.8) is 0 Å². The number of primary amides is 1. The molecule has 0 saturated heterocycles. The molecule has 3 aliphatic carbocycles. The van der Waals surface area contributed by atoms with Gasteiger partial charge in [0, 0.05) is 32.0 Å². The summed E-state index contributed by atoms with van der Waals surface area (Å²) in [4.78, 5) is 21.3. The first-order valence-corrected chi connectivity index (χ1v) is 10.8. The number of aromatic nitrogens is 2. The normalized spacial score (nSPS) is 23.5. The SMILES string of the molecule is CC(F)(F)C1=CC=C(CN(c2ncnc(NCC3CC(C(N)=O)C3)c2F)C2CC2)CC1. The van der Waals surface area contributed by atoms with E-state index in [9.17, 15) is 13.6 Å². The number of carbonyl (C=O) groups is 1. The molecule has 1 amide bonds. The summed E-state index contributed by atoms with van der Waals surface area (Å²) in [7, 11) is 0. The van der Waals surface area contributed by atoms with E-state index in [-0.39, 0.29) is 41.0 Å². The van der Waals surface area contributed by atoms with Crippen molar-refractivity contribution in [3.8, 4) is 0 Å². The third kappa shape index (κ3) is 5.02. The molecule has 1 aromatic rings. The molecular weight excluding hydrogens is 407 g/mol. The Kier molecular flexibility index (Phi) is 5.94. The van der Waals surface area contributed by atoms with Gasteiger partial charge in [0.2, 0.25) is 11.7 Å². The van der Waals surface area contributed by atoms with E-state index in [1.54, 1.807) is 6.08 Å². The van der Waals surface area contributed by atoms with Gasteiger partial charge < -0.3 is 16.0 Å². The Bertz CT molecular complexity index is 901. The zero-order chi connectivity index (χ0) is 22.2. The van der Waals surface area contributed by atoms with Gasteiger partial charge in [-0.15, -0.1) is 0 Å². The lowest BCUT2D eigenvalue weighted by Crippen LogP contribution is -2.38. The number of hydrogen-bond donors (Lipinski definition) is 2. The number of nitrogens with one attached hydrogen (secondary N) is 1. The van der Waals surface area contributed by atoms with Crippen molar-refractivity contribution in [2.24, 2.45) is 17.6 Å². The molecule has 0 spiro atoms. The molecule has 3 N–H and O–H groups in total. The minimum Gasteiger partial charge on any atom is -0.369 e. The predicted molar refractivity (Wildman–Crippen MR) is 112 cm³/mol. The van der Waals surface area contributed by atoms with Gasteiger partial charge in [0.1, 0.15) is 6.33 Å². The summed E-state index contributed by atoms with van der Waals surface area (Å²) < 4.78 is 42.3. The second kappa shape index (κ2) is 8.51. The lowest BCUT2D eigenvalue weighted by atomic mass is 9.74. The summed E-state index contributed by atoms with van der Waals surface area (Å²) in [5, 5.41) is 3.04. The number of alkyl halides is 2. The van der Waals surface area contributed by atoms with Crippen LogP contribution in [0.3, 0.4) is 0 Å². The predicted octanol–water partition coefficient (Wildman–Crippen LogP) is 3.81. The second-order valence-corrected chi connectivity index (χ2v) is 8.94. The van der Waals surface area contributed by atoms with Crippen molar-refractivity contribution in [3.05, 3.63) is 35.4 Å². The van der Waals surface area contributed by atoms with Crippen LogP contribution in [0.15, 0.2) is 29.6 Å². The Balaban J connectivity index is 1.43. The van der Waals surface area contributed by atoms with Gasteiger partial charge in [-0.25, -0.2) is 18.7 Å². The Hall–Kier alpha value is -2.58. The van der Waals surface area contributed by atoms with Crippen molar-refractivity contribution in [2.45, 2.75) is 57.4 Å². The van der Waals surface area contributed by atoms with Crippen LogP contribution in [0, 0.1) is 17.7 Å². The van der Waals surface area contributed by atoms with E-state index in [0.29, 0.717) is 38.8 Å². The maximum absolute atomic E-state index is 15.2. The number of nitrogens with two attached hydrogens (primary N) is 1. The Morgan fingerprint density at radius 2 is 2.00 bits per heavy atom. The number of allylic oxidation sites excluding steroid dienone is 3. The standard InChI is InChI=1S/C22H28F3N5O/c1-22(24,25)16-4-2-13(3-5-16)11-30(17-6-7-17)21-18(23)20(28-12-29-21)27-10-14-8-15(9-14)19(26)31/h2,4,12,14-15,17H,3,5-11H2,1H3,(H2,26,31)(H,27,28,29). The van der Waals surface area contributed by atoms with Crippen LogP contribution in [0.25, 0.3) is 0 Å². The summed E-state index contributed by atoms with van der Waals surface area (Å²) in [6, 6.07) is 0.194. The van der Waals surface area contributed by atoms with Crippen molar-refractivity contribution < 1.29 is 18.0 Å². The van der Waals surface area contributed by atoms with Gasteiger partial charge >= 0.3 is 0 Å². The van der Waals surface area contributed by atoms with E-state index in [1.807, 2.05) is 4.90 Å². The maximum Gasteiger partial charge on any atom is 0.266 e. The van der Waals surface area contributed by atoms with Gasteiger partial charge in [-0.3, -0.25) is 4.79 Å². The van der Waals surface area contributed by atoms with Crippen molar-refractivity contribution in [1.29, 1.82) is 0 Å². The van der Waals surface area contributed by atoms with Crippen LogP contribution in [-0.2, 0) is 4.79 Å². The summed E-state index contributed by atoms with van der Waals surface area (Å²) in [5.74, 6) is -3.05. The third-order valence-corrected chi connectivity index (χ3v) is 6.40. The fourth-order valence-corrected chi connectivity index (χ4v) is 4.22. The molecule has 2 saturated carbocycles. The highest BCUT2D eigenvalue weighted by Crippen LogP contribution is 2.37.